The molecule has 0 spiro atoms. The average Bonchev–Trinajstić information content (AvgIpc) is 2.04. The van der Waals surface area contributed by atoms with E-state index in [4.69, 9.17) is 0 Å². The molecule has 0 aliphatic carbocycles. The first-order valence-electron chi connectivity index (χ1n) is 3.56. The summed E-state index contributed by atoms with van der Waals surface area (Å²) in [6.07, 6.45) is -1.73. The molecule has 0 radical (unpaired) electrons. The first kappa shape index (κ1) is 10.5. The monoisotopic (exact) mass is 253 g/mol. The minimum absolute atomic E-state index is 0.192. The van der Waals surface area contributed by atoms with Crippen molar-refractivity contribution in [1.82, 2.24) is 4.98 Å². The summed E-state index contributed by atoms with van der Waals surface area (Å²) in [7, 11) is 0. The van der Waals surface area contributed by atoms with Gasteiger partial charge in [0, 0.05) is 22.7 Å². The summed E-state index contributed by atoms with van der Waals surface area (Å²) in [4.78, 5) is 3.26. The number of alkyl halides is 3. The number of aromatic nitrogens is 1. The van der Waals surface area contributed by atoms with Gasteiger partial charge in [-0.15, -0.1) is 0 Å². The van der Waals surface area contributed by atoms with Gasteiger partial charge in [-0.1, -0.05) is 15.9 Å². The molecule has 0 saturated heterocycles. The van der Waals surface area contributed by atoms with Gasteiger partial charge in [-0.3, -0.25) is 0 Å². The zero-order chi connectivity index (χ0) is 10.0. The molecule has 0 amide bonds. The van der Waals surface area contributed by atoms with Crippen LogP contribution in [0.5, 0.6) is 0 Å². The van der Waals surface area contributed by atoms with Gasteiger partial charge in [0.2, 0.25) is 5.95 Å². The van der Waals surface area contributed by atoms with Crippen LogP contribution in [0, 0.1) is 12.9 Å². The van der Waals surface area contributed by atoms with Gasteiger partial charge in [-0.2, -0.15) is 4.39 Å². The Kier molecular flexibility index (Phi) is 3.30. The van der Waals surface area contributed by atoms with Crippen molar-refractivity contribution in [2.75, 3.05) is 0 Å². The second-order valence-corrected chi connectivity index (χ2v) is 3.10. The fourth-order valence-electron chi connectivity index (χ4n) is 1.01. The molecule has 1 nitrogen and oxygen atoms in total. The molecule has 0 unspecified atom stereocenters. The Bertz CT molecular complexity index is 315. The maximum absolute atomic E-state index is 12.9. The maximum Gasteiger partial charge on any atom is 0.265 e. The molecule has 0 aliphatic rings. The van der Waals surface area contributed by atoms with Crippen LogP contribution < -0.4 is 0 Å². The van der Waals surface area contributed by atoms with Gasteiger partial charge < -0.3 is 0 Å². The van der Waals surface area contributed by atoms with E-state index in [0.29, 0.717) is 0 Å². The van der Waals surface area contributed by atoms with E-state index in [1.165, 1.54) is 6.92 Å². The molecule has 1 heterocycles. The molecule has 1 aromatic rings. The standard InChI is InChI=1S/C8H7BrF3N/c1-4-5(2-9)8(12)13-3-6(4)7(10)11/h3,7H,2H2,1H3. The molecular formula is C8H7BrF3N. The normalized spacial score (nSPS) is 10.9. The molecule has 0 saturated carbocycles. The summed E-state index contributed by atoms with van der Waals surface area (Å²) in [6.45, 7) is 1.46. The summed E-state index contributed by atoms with van der Waals surface area (Å²) in [6, 6.07) is 0. The van der Waals surface area contributed by atoms with E-state index in [-0.39, 0.29) is 22.0 Å². The van der Waals surface area contributed by atoms with Crippen LogP contribution in [0.25, 0.3) is 0 Å². The lowest BCUT2D eigenvalue weighted by atomic mass is 10.1. The second-order valence-electron chi connectivity index (χ2n) is 2.54. The Balaban J connectivity index is 3.27. The molecule has 0 atom stereocenters. The van der Waals surface area contributed by atoms with Crippen molar-refractivity contribution in [3.05, 3.63) is 28.8 Å². The van der Waals surface area contributed by atoms with Crippen LogP contribution in [0.4, 0.5) is 13.2 Å². The van der Waals surface area contributed by atoms with Gasteiger partial charge in [-0.25, -0.2) is 13.8 Å². The van der Waals surface area contributed by atoms with Crippen LogP contribution in [0.1, 0.15) is 23.1 Å². The van der Waals surface area contributed by atoms with Gasteiger partial charge in [0.05, 0.1) is 0 Å². The average molecular weight is 254 g/mol. The zero-order valence-electron chi connectivity index (χ0n) is 6.82. The van der Waals surface area contributed by atoms with Crippen molar-refractivity contribution >= 4 is 15.9 Å². The number of hydrogen-bond donors (Lipinski definition) is 0. The molecule has 1 rings (SSSR count). The van der Waals surface area contributed by atoms with E-state index < -0.39 is 12.4 Å². The molecule has 72 valence electrons. The zero-order valence-corrected chi connectivity index (χ0v) is 8.41. The highest BCUT2D eigenvalue weighted by Gasteiger charge is 2.16. The van der Waals surface area contributed by atoms with Gasteiger partial charge in [-0.05, 0) is 12.5 Å². The Hall–Kier alpha value is -0.580. The van der Waals surface area contributed by atoms with E-state index >= 15 is 0 Å². The molecule has 0 fully saturated rings. The summed E-state index contributed by atoms with van der Waals surface area (Å²) < 4.78 is 37.5. The smallest absolute Gasteiger partial charge is 0.228 e. The molecule has 13 heavy (non-hydrogen) atoms. The van der Waals surface area contributed by atoms with E-state index in [1.807, 2.05) is 0 Å². The summed E-state index contributed by atoms with van der Waals surface area (Å²) in [5.74, 6) is -0.696. The number of hydrogen-bond acceptors (Lipinski definition) is 1. The molecule has 0 N–H and O–H groups in total. The number of rotatable bonds is 2. The minimum atomic E-state index is -2.61. The highest BCUT2D eigenvalue weighted by Crippen LogP contribution is 2.26. The molecular weight excluding hydrogens is 247 g/mol. The molecule has 0 aromatic carbocycles. The van der Waals surface area contributed by atoms with Crippen LogP contribution in [-0.4, -0.2) is 4.98 Å². The van der Waals surface area contributed by atoms with Crippen LogP contribution in [0.3, 0.4) is 0 Å². The van der Waals surface area contributed by atoms with Crippen molar-refractivity contribution in [2.45, 2.75) is 18.7 Å². The van der Waals surface area contributed by atoms with Crippen molar-refractivity contribution in [3.63, 3.8) is 0 Å². The fraction of sp³-hybridized carbons (Fsp3) is 0.375. The number of pyridine rings is 1. The fourth-order valence-corrected chi connectivity index (χ4v) is 1.66. The third-order valence-electron chi connectivity index (χ3n) is 1.82. The van der Waals surface area contributed by atoms with Gasteiger partial charge in [0.15, 0.2) is 0 Å². The number of halogens is 4. The molecule has 1 aromatic heterocycles. The van der Waals surface area contributed by atoms with Crippen LogP contribution in [0.2, 0.25) is 0 Å². The summed E-state index contributed by atoms with van der Waals surface area (Å²) in [5, 5.41) is 0.193. The first-order valence-corrected chi connectivity index (χ1v) is 4.68. The molecule has 5 heteroatoms. The maximum atomic E-state index is 12.9. The lowest BCUT2D eigenvalue weighted by Crippen LogP contribution is -2.00. The predicted octanol–water partition coefficient (Wildman–Crippen LogP) is 3.36. The Morgan fingerprint density at radius 2 is 2.15 bits per heavy atom. The third-order valence-corrected chi connectivity index (χ3v) is 2.38. The van der Waals surface area contributed by atoms with E-state index in [1.54, 1.807) is 0 Å². The second kappa shape index (κ2) is 4.09. The molecule has 0 aliphatic heterocycles. The van der Waals surface area contributed by atoms with Gasteiger partial charge >= 0.3 is 0 Å². The third kappa shape index (κ3) is 2.02. The van der Waals surface area contributed by atoms with Crippen LogP contribution in [0.15, 0.2) is 6.20 Å². The summed E-state index contributed by atoms with van der Waals surface area (Å²) >= 11 is 3.02. The Morgan fingerprint density at radius 1 is 1.54 bits per heavy atom. The van der Waals surface area contributed by atoms with Crippen molar-refractivity contribution in [2.24, 2.45) is 0 Å². The Morgan fingerprint density at radius 3 is 2.62 bits per heavy atom. The van der Waals surface area contributed by atoms with Crippen LogP contribution in [-0.2, 0) is 5.33 Å². The highest BCUT2D eigenvalue weighted by atomic mass is 79.9. The lowest BCUT2D eigenvalue weighted by molar-refractivity contribution is 0.150. The lowest BCUT2D eigenvalue weighted by Gasteiger charge is -2.08. The number of nitrogens with zero attached hydrogens (tertiary/aromatic N) is 1. The topological polar surface area (TPSA) is 12.9 Å². The highest BCUT2D eigenvalue weighted by molar-refractivity contribution is 9.08. The van der Waals surface area contributed by atoms with Crippen molar-refractivity contribution in [3.8, 4) is 0 Å². The summed E-state index contributed by atoms with van der Waals surface area (Å²) in [5.41, 5.74) is 0.244. The predicted molar refractivity (Wildman–Crippen MR) is 46.5 cm³/mol. The van der Waals surface area contributed by atoms with Gasteiger partial charge in [0.25, 0.3) is 6.43 Å². The quantitative estimate of drug-likeness (QED) is 0.582. The van der Waals surface area contributed by atoms with E-state index in [0.717, 1.165) is 6.20 Å². The largest absolute Gasteiger partial charge is 0.265 e. The van der Waals surface area contributed by atoms with Gasteiger partial charge in [0.1, 0.15) is 0 Å². The molecule has 0 bridgehead atoms. The Labute approximate surface area is 82.1 Å². The minimum Gasteiger partial charge on any atom is -0.228 e. The van der Waals surface area contributed by atoms with E-state index in [2.05, 4.69) is 20.9 Å². The van der Waals surface area contributed by atoms with Crippen LogP contribution >= 0.6 is 15.9 Å². The van der Waals surface area contributed by atoms with E-state index in [9.17, 15) is 13.2 Å². The SMILES string of the molecule is Cc1c(C(F)F)cnc(F)c1CBr. The van der Waals surface area contributed by atoms with Crippen molar-refractivity contribution < 1.29 is 13.2 Å². The first-order chi connectivity index (χ1) is 6.07. The van der Waals surface area contributed by atoms with Crippen molar-refractivity contribution in [1.29, 1.82) is 0 Å².